The summed E-state index contributed by atoms with van der Waals surface area (Å²) in [4.78, 5) is 0.938. The summed E-state index contributed by atoms with van der Waals surface area (Å²) in [6.07, 6.45) is 0. The number of hydrogen-bond donors (Lipinski definition) is 2. The van der Waals surface area contributed by atoms with Crippen molar-refractivity contribution in [2.45, 2.75) is 10.9 Å². The van der Waals surface area contributed by atoms with E-state index in [1.165, 1.54) is 24.9 Å². The molecule has 3 N–H and O–H groups in total. The summed E-state index contributed by atoms with van der Waals surface area (Å²) >= 11 is 7.63. The Bertz CT molecular complexity index is 612. The predicted molar refractivity (Wildman–Crippen MR) is 85.2 cm³/mol. The van der Waals surface area contributed by atoms with Crippen molar-refractivity contribution < 1.29 is 9.13 Å². The van der Waals surface area contributed by atoms with Gasteiger partial charge in [-0.05, 0) is 18.2 Å². The van der Waals surface area contributed by atoms with Gasteiger partial charge in [-0.15, -0.1) is 11.8 Å². The van der Waals surface area contributed by atoms with E-state index in [1.54, 1.807) is 12.1 Å². The fourth-order valence-corrected chi connectivity index (χ4v) is 3.18. The Hall–Kier alpha value is -1.27. The second kappa shape index (κ2) is 7.66. The van der Waals surface area contributed by atoms with Crippen molar-refractivity contribution in [3.63, 3.8) is 0 Å². The molecule has 0 fully saturated rings. The normalized spacial score (nSPS) is 12.2. The lowest BCUT2D eigenvalue weighted by molar-refractivity contribution is 0.409. The number of hydrogen-bond acceptors (Lipinski definition) is 4. The van der Waals surface area contributed by atoms with Crippen molar-refractivity contribution in [3.8, 4) is 5.75 Å². The average Bonchev–Trinajstić information content (AvgIpc) is 2.50. The van der Waals surface area contributed by atoms with Gasteiger partial charge in [-0.2, -0.15) is 0 Å². The second-order valence-electron chi connectivity index (χ2n) is 4.35. The third-order valence-electron chi connectivity index (χ3n) is 3.03. The van der Waals surface area contributed by atoms with Crippen LogP contribution >= 0.6 is 23.4 Å². The van der Waals surface area contributed by atoms with E-state index in [2.05, 4.69) is 5.43 Å². The highest BCUT2D eigenvalue weighted by molar-refractivity contribution is 7.99. The van der Waals surface area contributed by atoms with Crippen LogP contribution in [-0.4, -0.2) is 12.9 Å². The Morgan fingerprint density at radius 1 is 1.33 bits per heavy atom. The highest BCUT2D eigenvalue weighted by Gasteiger charge is 2.16. The molecule has 0 aliphatic rings. The highest BCUT2D eigenvalue weighted by atomic mass is 35.5. The minimum Gasteiger partial charge on any atom is -0.497 e. The first-order chi connectivity index (χ1) is 10.2. The molecular weight excluding hydrogens is 311 g/mol. The summed E-state index contributed by atoms with van der Waals surface area (Å²) in [5, 5.41) is 0.675. The van der Waals surface area contributed by atoms with E-state index in [0.29, 0.717) is 22.1 Å². The molecule has 0 heterocycles. The molecule has 3 nitrogen and oxygen atoms in total. The summed E-state index contributed by atoms with van der Waals surface area (Å²) in [5.41, 5.74) is 3.14. The van der Waals surface area contributed by atoms with Gasteiger partial charge in [-0.25, -0.2) is 4.39 Å². The lowest BCUT2D eigenvalue weighted by atomic mass is 10.1. The monoisotopic (exact) mass is 326 g/mol. The van der Waals surface area contributed by atoms with E-state index in [4.69, 9.17) is 22.2 Å². The molecule has 0 spiro atoms. The Kier molecular flexibility index (Phi) is 5.87. The molecule has 0 amide bonds. The third-order valence-corrected chi connectivity index (χ3v) is 4.64. The zero-order valence-corrected chi connectivity index (χ0v) is 13.0. The Labute approximate surface area is 132 Å². The number of nitrogens with two attached hydrogens (primary N) is 1. The van der Waals surface area contributed by atoms with E-state index < -0.39 is 0 Å². The molecule has 0 bridgehead atoms. The maximum Gasteiger partial charge on any atom is 0.131 e. The van der Waals surface area contributed by atoms with Gasteiger partial charge in [-0.3, -0.25) is 11.3 Å². The van der Waals surface area contributed by atoms with E-state index in [9.17, 15) is 4.39 Å². The number of halogens is 2. The van der Waals surface area contributed by atoms with Gasteiger partial charge >= 0.3 is 0 Å². The molecule has 2 rings (SSSR count). The van der Waals surface area contributed by atoms with Crippen molar-refractivity contribution in [1.29, 1.82) is 0 Å². The van der Waals surface area contributed by atoms with Crippen LogP contribution in [0.1, 0.15) is 11.6 Å². The second-order valence-corrected chi connectivity index (χ2v) is 5.82. The van der Waals surface area contributed by atoms with Gasteiger partial charge in [0.25, 0.3) is 0 Å². The molecule has 21 heavy (non-hydrogen) atoms. The molecule has 0 aromatic heterocycles. The van der Waals surface area contributed by atoms with Crippen molar-refractivity contribution >= 4 is 23.4 Å². The Morgan fingerprint density at radius 2 is 2.10 bits per heavy atom. The number of methoxy groups -OCH3 is 1. The lowest BCUT2D eigenvalue weighted by Gasteiger charge is -2.17. The van der Waals surface area contributed by atoms with Gasteiger partial charge in [0.2, 0.25) is 0 Å². The predicted octanol–water partition coefficient (Wildman–Crippen LogP) is 3.78. The van der Waals surface area contributed by atoms with Crippen molar-refractivity contribution in [2.24, 2.45) is 5.84 Å². The summed E-state index contributed by atoms with van der Waals surface area (Å²) < 4.78 is 19.1. The van der Waals surface area contributed by atoms with Crippen LogP contribution in [0.15, 0.2) is 47.4 Å². The largest absolute Gasteiger partial charge is 0.497 e. The molecule has 0 aliphatic heterocycles. The molecule has 0 saturated heterocycles. The van der Waals surface area contributed by atoms with Crippen LogP contribution in [0.25, 0.3) is 0 Å². The zero-order valence-electron chi connectivity index (χ0n) is 11.5. The van der Waals surface area contributed by atoms with E-state index in [-0.39, 0.29) is 11.9 Å². The van der Waals surface area contributed by atoms with Crippen LogP contribution in [-0.2, 0) is 0 Å². The third kappa shape index (κ3) is 4.11. The maximum absolute atomic E-state index is 14.1. The van der Waals surface area contributed by atoms with Crippen LogP contribution in [0.3, 0.4) is 0 Å². The molecule has 0 radical (unpaired) electrons. The van der Waals surface area contributed by atoms with Crippen LogP contribution in [0.5, 0.6) is 5.75 Å². The smallest absolute Gasteiger partial charge is 0.131 e. The Balaban J connectivity index is 2.11. The van der Waals surface area contributed by atoms with Crippen molar-refractivity contribution in [2.75, 3.05) is 12.9 Å². The van der Waals surface area contributed by atoms with Gasteiger partial charge in [0.15, 0.2) is 0 Å². The van der Waals surface area contributed by atoms with Gasteiger partial charge in [0, 0.05) is 22.3 Å². The fraction of sp³-hybridized carbons (Fsp3) is 0.200. The number of thioether (sulfide) groups is 1. The molecule has 6 heteroatoms. The number of benzene rings is 2. The number of hydrazine groups is 1. The van der Waals surface area contributed by atoms with E-state index in [1.807, 2.05) is 24.3 Å². The standard InChI is InChI=1S/C15H16ClFN2OS/c1-20-10-6-7-11(13(17)8-10)14(19-18)9-21-15-5-3-2-4-12(15)16/h2-8,14,19H,9,18H2,1H3. The lowest BCUT2D eigenvalue weighted by Crippen LogP contribution is -2.30. The van der Waals surface area contributed by atoms with Gasteiger partial charge in [0.1, 0.15) is 11.6 Å². The summed E-state index contributed by atoms with van der Waals surface area (Å²) in [6.45, 7) is 0. The summed E-state index contributed by atoms with van der Waals surface area (Å²) in [7, 11) is 1.50. The summed E-state index contributed by atoms with van der Waals surface area (Å²) in [6, 6.07) is 11.9. The molecule has 1 unspecified atom stereocenters. The van der Waals surface area contributed by atoms with Gasteiger partial charge in [0.05, 0.1) is 18.2 Å². The quantitative estimate of drug-likeness (QED) is 0.482. The molecule has 2 aromatic rings. The van der Waals surface area contributed by atoms with Gasteiger partial charge in [-0.1, -0.05) is 29.8 Å². The topological polar surface area (TPSA) is 47.3 Å². The zero-order chi connectivity index (χ0) is 15.2. The SMILES string of the molecule is COc1ccc(C(CSc2ccccc2Cl)NN)c(F)c1. The summed E-state index contributed by atoms with van der Waals surface area (Å²) in [5.74, 6) is 6.24. The molecule has 2 aromatic carbocycles. The number of nitrogens with one attached hydrogen (secondary N) is 1. The molecule has 112 valence electrons. The molecule has 0 saturated carbocycles. The minimum atomic E-state index is -0.350. The molecule has 0 aliphatic carbocycles. The number of rotatable bonds is 6. The highest BCUT2D eigenvalue weighted by Crippen LogP contribution is 2.31. The maximum atomic E-state index is 14.1. The van der Waals surface area contributed by atoms with Crippen LogP contribution in [0.2, 0.25) is 5.02 Å². The number of ether oxygens (including phenoxy) is 1. The first kappa shape index (κ1) is 16.1. The van der Waals surface area contributed by atoms with Crippen molar-refractivity contribution in [1.82, 2.24) is 5.43 Å². The first-order valence-electron chi connectivity index (χ1n) is 6.32. The molecule has 1 atom stereocenters. The van der Waals surface area contributed by atoms with Crippen LogP contribution in [0.4, 0.5) is 4.39 Å². The van der Waals surface area contributed by atoms with E-state index in [0.717, 1.165) is 4.90 Å². The first-order valence-corrected chi connectivity index (χ1v) is 7.69. The van der Waals surface area contributed by atoms with Crippen molar-refractivity contribution in [3.05, 3.63) is 58.9 Å². The van der Waals surface area contributed by atoms with Crippen LogP contribution in [0, 0.1) is 5.82 Å². The Morgan fingerprint density at radius 3 is 2.71 bits per heavy atom. The molecular formula is C15H16ClFN2OS. The van der Waals surface area contributed by atoms with Gasteiger partial charge < -0.3 is 4.74 Å². The van der Waals surface area contributed by atoms with Crippen LogP contribution < -0.4 is 16.0 Å². The van der Waals surface area contributed by atoms with E-state index >= 15 is 0 Å². The average molecular weight is 327 g/mol. The minimum absolute atomic E-state index is 0.322. The fourth-order valence-electron chi connectivity index (χ4n) is 1.88.